The molecule has 4 heterocycles. The summed E-state index contributed by atoms with van der Waals surface area (Å²) in [7, 11) is -4.21. The molecule has 2 aliphatic rings. The van der Waals surface area contributed by atoms with Gasteiger partial charge in [0.05, 0.1) is 12.9 Å². The monoisotopic (exact) mass is 422 g/mol. The number of nitrogens with zero attached hydrogens (tertiary/aromatic N) is 4. The quantitative estimate of drug-likeness (QED) is 0.451. The molecule has 2 aromatic heterocycles. The van der Waals surface area contributed by atoms with Gasteiger partial charge in [-0.3, -0.25) is 18.4 Å². The van der Waals surface area contributed by atoms with Gasteiger partial charge in [0.2, 0.25) is 5.91 Å². The third kappa shape index (κ3) is 4.02. The van der Waals surface area contributed by atoms with Crippen LogP contribution in [0.1, 0.15) is 26.0 Å². The van der Waals surface area contributed by atoms with Crippen molar-refractivity contribution in [3.8, 4) is 0 Å². The molecule has 5 atom stereocenters. The van der Waals surface area contributed by atoms with E-state index >= 15 is 0 Å². The van der Waals surface area contributed by atoms with Gasteiger partial charge >= 0.3 is 7.82 Å². The second kappa shape index (κ2) is 8.42. The van der Waals surface area contributed by atoms with Gasteiger partial charge in [0, 0.05) is 36.0 Å². The Hall–Kier alpha value is -0.950. The topological polar surface area (TPSA) is 158 Å². The fourth-order valence-corrected chi connectivity index (χ4v) is 4.08. The summed E-state index contributed by atoms with van der Waals surface area (Å²) in [6.45, 7) is 1.70. The van der Waals surface area contributed by atoms with Gasteiger partial charge in [-0.05, 0) is 6.42 Å². The van der Waals surface area contributed by atoms with E-state index in [-0.39, 0.29) is 47.9 Å². The van der Waals surface area contributed by atoms with Crippen LogP contribution in [0, 0.1) is 0 Å². The van der Waals surface area contributed by atoms with Crippen LogP contribution in [0.2, 0.25) is 0 Å². The van der Waals surface area contributed by atoms with E-state index in [1.165, 1.54) is 17.2 Å². The van der Waals surface area contributed by atoms with Crippen molar-refractivity contribution in [3.63, 3.8) is 0 Å². The minimum absolute atomic E-state index is 0. The molecule has 0 bridgehead atoms. The average molecular weight is 422 g/mol. The predicted molar refractivity (Wildman–Crippen MR) is 95.2 cm³/mol. The summed E-state index contributed by atoms with van der Waals surface area (Å²) >= 11 is 0. The summed E-state index contributed by atoms with van der Waals surface area (Å²) in [5.74, 6) is 0.0565. The fraction of sp³-hybridized carbons (Fsp3) is 0.571. The number of anilines is 1. The van der Waals surface area contributed by atoms with Crippen molar-refractivity contribution in [2.45, 2.75) is 44.3 Å². The number of nitrogens with one attached hydrogen (secondary N) is 1. The van der Waals surface area contributed by atoms with E-state index in [1.807, 2.05) is 6.92 Å². The van der Waals surface area contributed by atoms with Gasteiger partial charge in [-0.1, -0.05) is 6.92 Å². The third-order valence-corrected chi connectivity index (χ3v) is 5.32. The summed E-state index contributed by atoms with van der Waals surface area (Å²) in [6.07, 6.45) is -0.262. The Kier molecular flexibility index (Phi) is 6.54. The summed E-state index contributed by atoms with van der Waals surface area (Å²) < 4.78 is 28.4. The number of amides is 1. The number of phosphoric acid groups is 1. The Morgan fingerprint density at radius 1 is 1.43 bits per heavy atom. The smallest absolute Gasteiger partial charge is 0.386 e. The molecular weight excluding hydrogens is 404 g/mol. The molecule has 1 radical (unpaired) electrons. The Balaban J connectivity index is 0.00000225. The van der Waals surface area contributed by atoms with Crippen LogP contribution in [-0.4, -0.2) is 89.9 Å². The van der Waals surface area contributed by atoms with Crippen LogP contribution >= 0.6 is 7.82 Å². The number of phosphoric ester groups is 1. The van der Waals surface area contributed by atoms with E-state index in [4.69, 9.17) is 13.8 Å². The zero-order valence-corrected chi connectivity index (χ0v) is 18.2. The molecule has 0 saturated carbocycles. The Morgan fingerprint density at radius 2 is 2.21 bits per heavy atom. The van der Waals surface area contributed by atoms with Gasteiger partial charge in [0.25, 0.3) is 0 Å². The van der Waals surface area contributed by atoms with Crippen molar-refractivity contribution in [2.75, 3.05) is 11.9 Å². The molecule has 2 aliphatic heterocycles. The van der Waals surface area contributed by atoms with Crippen molar-refractivity contribution in [1.29, 1.82) is 0 Å². The molecule has 4 rings (SSSR count). The summed E-state index contributed by atoms with van der Waals surface area (Å²) in [4.78, 5) is 33.7. The van der Waals surface area contributed by atoms with Crippen LogP contribution < -0.4 is 5.32 Å². The SMILES string of the molecule is CCCC(=O)Nc1ncnc2c1ncn2C1OC2COP(=O)(O)OC2C1O.[Na]. The van der Waals surface area contributed by atoms with Crippen LogP contribution in [0.3, 0.4) is 0 Å². The number of fused-ring (bicyclic) bond motifs is 2. The normalized spacial score (nSPS) is 32.0. The minimum Gasteiger partial charge on any atom is -0.386 e. The molecule has 5 unspecified atom stereocenters. The van der Waals surface area contributed by atoms with Gasteiger partial charge in [-0.25, -0.2) is 19.5 Å². The van der Waals surface area contributed by atoms with Gasteiger partial charge in [-0.15, -0.1) is 0 Å². The number of imidazole rings is 1. The maximum absolute atomic E-state index is 11.9. The molecule has 2 saturated heterocycles. The number of carbonyl (C=O) groups is 1. The molecule has 14 heteroatoms. The molecule has 1 amide bonds. The number of carbonyl (C=O) groups excluding carboxylic acids is 1. The van der Waals surface area contributed by atoms with E-state index in [1.54, 1.807) is 0 Å². The number of aromatic nitrogens is 4. The predicted octanol–water partition coefficient (Wildman–Crippen LogP) is -0.0418. The number of aliphatic hydroxyl groups is 1. The largest absolute Gasteiger partial charge is 0.472 e. The number of hydrogen-bond acceptors (Lipinski definition) is 9. The standard InChI is InChI=1S/C14H18N5O7P.Na/c1-2-3-8(20)18-12-9-13(16-5-15-12)19(6-17-9)14-10(21)11-7(25-14)4-24-27(22,23)26-11;/h5-7,10-11,14,21H,2-4H2,1H3,(H,22,23)(H,15,16,18,20);. The minimum atomic E-state index is -4.21. The van der Waals surface area contributed by atoms with Gasteiger partial charge in [-0.2, -0.15) is 0 Å². The zero-order valence-electron chi connectivity index (χ0n) is 15.3. The molecule has 147 valence electrons. The zero-order chi connectivity index (χ0) is 19.2. The van der Waals surface area contributed by atoms with Crippen molar-refractivity contribution in [1.82, 2.24) is 19.5 Å². The molecule has 2 aromatic rings. The summed E-state index contributed by atoms with van der Waals surface area (Å²) in [5.41, 5.74) is 0.658. The first-order chi connectivity index (χ1) is 12.9. The van der Waals surface area contributed by atoms with Crippen LogP contribution in [0.5, 0.6) is 0 Å². The van der Waals surface area contributed by atoms with Gasteiger partial charge in [0.1, 0.15) is 24.6 Å². The van der Waals surface area contributed by atoms with E-state index in [2.05, 4.69) is 20.3 Å². The summed E-state index contributed by atoms with van der Waals surface area (Å²) in [5, 5.41) is 13.2. The molecule has 28 heavy (non-hydrogen) atoms. The number of hydrogen-bond donors (Lipinski definition) is 3. The third-order valence-electron chi connectivity index (χ3n) is 4.33. The van der Waals surface area contributed by atoms with Crippen LogP contribution in [-0.2, 0) is 23.1 Å². The Bertz CT molecular complexity index is 927. The van der Waals surface area contributed by atoms with Gasteiger partial charge < -0.3 is 20.1 Å². The van der Waals surface area contributed by atoms with Crippen molar-refractivity contribution >= 4 is 60.3 Å². The number of rotatable bonds is 4. The van der Waals surface area contributed by atoms with E-state index in [0.29, 0.717) is 24.0 Å². The van der Waals surface area contributed by atoms with Crippen LogP contribution in [0.25, 0.3) is 11.2 Å². The second-order valence-corrected chi connectivity index (χ2v) is 7.64. The molecule has 0 spiro atoms. The molecular formula is C14H18N5NaO7P. The van der Waals surface area contributed by atoms with Crippen molar-refractivity contribution in [3.05, 3.63) is 12.7 Å². The number of ether oxygens (including phenoxy) is 1. The van der Waals surface area contributed by atoms with Gasteiger partial charge in [0.15, 0.2) is 23.2 Å². The first kappa shape index (κ1) is 21.8. The molecule has 0 aromatic carbocycles. The van der Waals surface area contributed by atoms with Crippen molar-refractivity contribution in [2.24, 2.45) is 0 Å². The maximum Gasteiger partial charge on any atom is 0.472 e. The van der Waals surface area contributed by atoms with Crippen LogP contribution in [0.4, 0.5) is 5.82 Å². The number of aliphatic hydroxyl groups excluding tert-OH is 1. The summed E-state index contributed by atoms with van der Waals surface area (Å²) in [6, 6.07) is 0. The maximum atomic E-state index is 11.9. The van der Waals surface area contributed by atoms with E-state index in [0.717, 1.165) is 0 Å². The molecule has 2 fully saturated rings. The first-order valence-corrected chi connectivity index (χ1v) is 9.86. The average Bonchev–Trinajstić information content (AvgIpc) is 3.17. The van der Waals surface area contributed by atoms with Crippen molar-refractivity contribution < 1.29 is 33.1 Å². The fourth-order valence-electron chi connectivity index (χ4n) is 3.12. The van der Waals surface area contributed by atoms with E-state index in [9.17, 15) is 19.4 Å². The molecule has 0 aliphatic carbocycles. The molecule has 3 N–H and O–H groups in total. The second-order valence-electron chi connectivity index (χ2n) is 6.23. The first-order valence-electron chi connectivity index (χ1n) is 8.36. The van der Waals surface area contributed by atoms with E-state index < -0.39 is 32.4 Å². The molecule has 12 nitrogen and oxygen atoms in total. The van der Waals surface area contributed by atoms with Crippen LogP contribution in [0.15, 0.2) is 12.7 Å². The Labute approximate surface area is 181 Å². The Morgan fingerprint density at radius 3 is 2.96 bits per heavy atom.